The fourth-order valence-corrected chi connectivity index (χ4v) is 2.77. The van der Waals surface area contributed by atoms with E-state index < -0.39 is 9.84 Å². The Morgan fingerprint density at radius 2 is 1.80 bits per heavy atom. The molecule has 1 fully saturated rings. The van der Waals surface area contributed by atoms with Gasteiger partial charge >= 0.3 is 0 Å². The van der Waals surface area contributed by atoms with Gasteiger partial charge in [-0.25, -0.2) is 8.42 Å². The lowest BCUT2D eigenvalue weighted by atomic mass is 10.0. The van der Waals surface area contributed by atoms with Gasteiger partial charge in [0.15, 0.2) is 0 Å². The van der Waals surface area contributed by atoms with Gasteiger partial charge < -0.3 is 0 Å². The molecule has 1 aliphatic rings. The minimum Gasteiger partial charge on any atom is -0.229 e. The molecule has 0 aromatic carbocycles. The van der Waals surface area contributed by atoms with Crippen LogP contribution in [0.3, 0.4) is 0 Å². The zero-order chi connectivity index (χ0) is 7.61. The normalized spacial score (nSPS) is 26.5. The van der Waals surface area contributed by atoms with E-state index in [4.69, 9.17) is 0 Å². The monoisotopic (exact) mass is 161 g/mol. The van der Waals surface area contributed by atoms with E-state index in [0.717, 1.165) is 12.8 Å². The maximum absolute atomic E-state index is 10.9. The van der Waals surface area contributed by atoms with Gasteiger partial charge in [0, 0.05) is 0 Å². The predicted octanol–water partition coefficient (Wildman–Crippen LogP) is 1.04. The van der Waals surface area contributed by atoms with Crippen LogP contribution in [0.2, 0.25) is 0 Å². The van der Waals surface area contributed by atoms with Crippen molar-refractivity contribution >= 4 is 9.84 Å². The van der Waals surface area contributed by atoms with Crippen LogP contribution in [0.15, 0.2) is 0 Å². The summed E-state index contributed by atoms with van der Waals surface area (Å²) in [6.45, 7) is 2.00. The minimum atomic E-state index is -2.65. The molecule has 2 nitrogen and oxygen atoms in total. The first-order chi connectivity index (χ1) is 4.64. The van der Waals surface area contributed by atoms with Crippen LogP contribution in [-0.4, -0.2) is 19.9 Å². The highest BCUT2D eigenvalue weighted by molar-refractivity contribution is 7.91. The summed E-state index contributed by atoms with van der Waals surface area (Å²) < 4.78 is 21.8. The van der Waals surface area contributed by atoms with Crippen molar-refractivity contribution in [2.24, 2.45) is 5.92 Å². The van der Waals surface area contributed by atoms with Crippen LogP contribution in [-0.2, 0) is 9.84 Å². The third-order valence-electron chi connectivity index (χ3n) is 2.07. The summed E-state index contributed by atoms with van der Waals surface area (Å²) in [6.07, 6.45) is 3.77. The molecule has 0 aromatic heterocycles. The Kier molecular flexibility index (Phi) is 2.34. The first kappa shape index (κ1) is 8.05. The Hall–Kier alpha value is -0.0500. The quantitative estimate of drug-likeness (QED) is 0.575. The molecule has 1 heterocycles. The number of hydrogen-bond acceptors (Lipinski definition) is 2. The average molecular weight is 161 g/mol. The van der Waals surface area contributed by atoms with Crippen LogP contribution in [0.4, 0.5) is 0 Å². The standard InChI is InChI=1S/C7H13O2S/c1-2-7-3-5-10(8,9)6-4-7/h2,7H,3-6H2,1H3. The Labute approximate surface area is 62.5 Å². The molecule has 1 aliphatic heterocycles. The summed E-state index contributed by atoms with van der Waals surface area (Å²) in [6, 6.07) is 0. The molecule has 0 N–H and O–H groups in total. The topological polar surface area (TPSA) is 34.1 Å². The second kappa shape index (κ2) is 2.91. The lowest BCUT2D eigenvalue weighted by molar-refractivity contribution is 0.514. The minimum absolute atomic E-state index is 0.391. The Morgan fingerprint density at radius 1 is 1.30 bits per heavy atom. The first-order valence-electron chi connectivity index (χ1n) is 3.64. The Balaban J connectivity index is 2.46. The van der Waals surface area contributed by atoms with Crippen molar-refractivity contribution in [2.45, 2.75) is 19.8 Å². The highest BCUT2D eigenvalue weighted by Gasteiger charge is 2.21. The highest BCUT2D eigenvalue weighted by atomic mass is 32.2. The fraction of sp³-hybridized carbons (Fsp3) is 0.857. The van der Waals surface area contributed by atoms with Crippen molar-refractivity contribution in [2.75, 3.05) is 11.5 Å². The maximum atomic E-state index is 10.9. The second-order valence-corrected chi connectivity index (χ2v) is 5.13. The van der Waals surface area contributed by atoms with Crippen LogP contribution >= 0.6 is 0 Å². The molecule has 10 heavy (non-hydrogen) atoms. The molecule has 0 amide bonds. The van der Waals surface area contributed by atoms with E-state index in [9.17, 15) is 8.42 Å². The zero-order valence-corrected chi connectivity index (χ0v) is 7.02. The van der Waals surface area contributed by atoms with Gasteiger partial charge in [0.1, 0.15) is 9.84 Å². The van der Waals surface area contributed by atoms with Crippen LogP contribution in [0, 0.1) is 12.3 Å². The van der Waals surface area contributed by atoms with E-state index in [-0.39, 0.29) is 0 Å². The zero-order valence-electron chi connectivity index (χ0n) is 6.21. The van der Waals surface area contributed by atoms with Gasteiger partial charge in [-0.3, -0.25) is 0 Å². The van der Waals surface area contributed by atoms with Gasteiger partial charge in [-0.05, 0) is 25.2 Å². The summed E-state index contributed by atoms with van der Waals surface area (Å²) in [7, 11) is -2.65. The van der Waals surface area contributed by atoms with Gasteiger partial charge in [0.2, 0.25) is 0 Å². The van der Waals surface area contributed by atoms with E-state index in [0.29, 0.717) is 17.4 Å². The van der Waals surface area contributed by atoms with Gasteiger partial charge in [0.05, 0.1) is 11.5 Å². The van der Waals surface area contributed by atoms with E-state index >= 15 is 0 Å². The van der Waals surface area contributed by atoms with Crippen LogP contribution < -0.4 is 0 Å². The largest absolute Gasteiger partial charge is 0.229 e. The van der Waals surface area contributed by atoms with Crippen LogP contribution in [0.5, 0.6) is 0 Å². The van der Waals surface area contributed by atoms with E-state index in [1.807, 2.05) is 6.92 Å². The van der Waals surface area contributed by atoms with Crippen molar-refractivity contribution in [3.05, 3.63) is 6.42 Å². The lowest BCUT2D eigenvalue weighted by Crippen LogP contribution is -2.22. The molecule has 1 radical (unpaired) electrons. The number of sulfone groups is 1. The number of hydrogen-bond donors (Lipinski definition) is 0. The molecule has 0 atom stereocenters. The van der Waals surface area contributed by atoms with Gasteiger partial charge in [0.25, 0.3) is 0 Å². The third-order valence-corrected chi connectivity index (χ3v) is 3.79. The Morgan fingerprint density at radius 3 is 2.20 bits per heavy atom. The van der Waals surface area contributed by atoms with Gasteiger partial charge in [-0.2, -0.15) is 0 Å². The highest BCUT2D eigenvalue weighted by Crippen LogP contribution is 2.20. The summed E-state index contributed by atoms with van der Waals surface area (Å²) in [5.41, 5.74) is 0. The summed E-state index contributed by atoms with van der Waals surface area (Å²) in [5.74, 6) is 1.33. The van der Waals surface area contributed by atoms with Gasteiger partial charge in [-0.15, -0.1) is 0 Å². The maximum Gasteiger partial charge on any atom is 0.150 e. The molecule has 1 saturated heterocycles. The smallest absolute Gasteiger partial charge is 0.150 e. The summed E-state index contributed by atoms with van der Waals surface area (Å²) in [5, 5.41) is 0. The van der Waals surface area contributed by atoms with Crippen molar-refractivity contribution in [3.63, 3.8) is 0 Å². The second-order valence-electron chi connectivity index (χ2n) is 2.82. The predicted molar refractivity (Wildman–Crippen MR) is 41.4 cm³/mol. The molecule has 1 rings (SSSR count). The molecule has 0 saturated carbocycles. The van der Waals surface area contributed by atoms with E-state index in [1.54, 1.807) is 0 Å². The van der Waals surface area contributed by atoms with E-state index in [1.165, 1.54) is 0 Å². The first-order valence-corrected chi connectivity index (χ1v) is 5.46. The van der Waals surface area contributed by atoms with E-state index in [2.05, 4.69) is 6.42 Å². The molecule has 0 aromatic rings. The molecule has 59 valence electrons. The van der Waals surface area contributed by atoms with Crippen molar-refractivity contribution in [1.29, 1.82) is 0 Å². The lowest BCUT2D eigenvalue weighted by Gasteiger charge is -2.19. The molecule has 0 unspecified atom stereocenters. The van der Waals surface area contributed by atoms with Crippen molar-refractivity contribution < 1.29 is 8.42 Å². The summed E-state index contributed by atoms with van der Waals surface area (Å²) >= 11 is 0. The number of rotatable bonds is 1. The summed E-state index contributed by atoms with van der Waals surface area (Å²) in [4.78, 5) is 0. The van der Waals surface area contributed by atoms with Crippen molar-refractivity contribution in [3.8, 4) is 0 Å². The molecular formula is C7H13O2S. The Bertz CT molecular complexity index is 180. The molecule has 0 bridgehead atoms. The SMILES string of the molecule is C[CH]C1CCS(=O)(=O)CC1. The van der Waals surface area contributed by atoms with Crippen LogP contribution in [0.1, 0.15) is 19.8 Å². The third kappa shape index (κ3) is 1.97. The molecule has 0 aliphatic carbocycles. The average Bonchev–Trinajstić information content (AvgIpc) is 1.88. The molecule has 3 heteroatoms. The van der Waals surface area contributed by atoms with Crippen LogP contribution in [0.25, 0.3) is 0 Å². The van der Waals surface area contributed by atoms with Gasteiger partial charge in [-0.1, -0.05) is 6.92 Å². The fourth-order valence-electron chi connectivity index (χ4n) is 1.24. The van der Waals surface area contributed by atoms with Crippen molar-refractivity contribution in [1.82, 2.24) is 0 Å². The molecular weight excluding hydrogens is 148 g/mol. The molecule has 0 spiro atoms.